The van der Waals surface area contributed by atoms with Crippen LogP contribution in [0.3, 0.4) is 0 Å². The van der Waals surface area contributed by atoms with Crippen LogP contribution in [0.1, 0.15) is 51.3 Å². The van der Waals surface area contributed by atoms with Crippen LogP contribution in [0.15, 0.2) is 30.7 Å². The molecule has 0 aliphatic carbocycles. The molecule has 0 N–H and O–H groups in total. The average molecular weight is 261 g/mol. The lowest BCUT2D eigenvalue weighted by Crippen LogP contribution is -2.15. The summed E-state index contributed by atoms with van der Waals surface area (Å²) in [5, 5.41) is 0. The standard InChI is InChI=1S/C17H27NO/c1-12(2)17(13(3)4)16-10-9-15(11-18-16)8-7-14(5)19-6/h9-13,17H,5,7-8H2,1-4,6H3. The Hall–Kier alpha value is -1.31. The van der Waals surface area contributed by atoms with Gasteiger partial charge in [-0.15, -0.1) is 0 Å². The van der Waals surface area contributed by atoms with Gasteiger partial charge < -0.3 is 4.74 Å². The molecule has 19 heavy (non-hydrogen) atoms. The fourth-order valence-electron chi connectivity index (χ4n) is 2.62. The van der Waals surface area contributed by atoms with Gasteiger partial charge in [-0.3, -0.25) is 4.98 Å². The van der Waals surface area contributed by atoms with Crippen LogP contribution >= 0.6 is 0 Å². The van der Waals surface area contributed by atoms with E-state index in [1.807, 2.05) is 6.20 Å². The highest BCUT2D eigenvalue weighted by atomic mass is 16.5. The topological polar surface area (TPSA) is 22.1 Å². The molecule has 0 saturated carbocycles. The van der Waals surface area contributed by atoms with Crippen molar-refractivity contribution in [3.63, 3.8) is 0 Å². The van der Waals surface area contributed by atoms with Crippen molar-refractivity contribution in [2.45, 2.75) is 46.5 Å². The van der Waals surface area contributed by atoms with E-state index >= 15 is 0 Å². The molecule has 1 aromatic heterocycles. The van der Waals surface area contributed by atoms with Gasteiger partial charge in [0.1, 0.15) is 0 Å². The molecule has 0 aromatic carbocycles. The number of allylic oxidation sites excluding steroid dienone is 1. The van der Waals surface area contributed by atoms with Gasteiger partial charge in [0.15, 0.2) is 0 Å². The maximum absolute atomic E-state index is 5.08. The highest BCUT2D eigenvalue weighted by Gasteiger charge is 2.20. The van der Waals surface area contributed by atoms with E-state index in [1.165, 1.54) is 11.3 Å². The fraction of sp³-hybridized carbons (Fsp3) is 0.588. The van der Waals surface area contributed by atoms with E-state index in [2.05, 4.69) is 51.4 Å². The van der Waals surface area contributed by atoms with Crippen molar-refractivity contribution in [2.75, 3.05) is 7.11 Å². The number of nitrogens with zero attached hydrogens (tertiary/aromatic N) is 1. The number of aryl methyl sites for hydroxylation is 1. The molecule has 1 heterocycles. The van der Waals surface area contributed by atoms with Gasteiger partial charge in [0.2, 0.25) is 0 Å². The summed E-state index contributed by atoms with van der Waals surface area (Å²) in [5.74, 6) is 2.59. The number of aromatic nitrogens is 1. The van der Waals surface area contributed by atoms with Crippen LogP contribution in [0.4, 0.5) is 0 Å². The van der Waals surface area contributed by atoms with Gasteiger partial charge in [0.05, 0.1) is 12.9 Å². The highest BCUT2D eigenvalue weighted by Crippen LogP contribution is 2.30. The highest BCUT2D eigenvalue weighted by molar-refractivity contribution is 5.18. The predicted octanol–water partition coefficient (Wildman–Crippen LogP) is 4.57. The maximum Gasteiger partial charge on any atom is 0.0887 e. The zero-order valence-corrected chi connectivity index (χ0v) is 12.9. The van der Waals surface area contributed by atoms with Crippen LogP contribution in [0, 0.1) is 11.8 Å². The first kappa shape index (κ1) is 15.7. The summed E-state index contributed by atoms with van der Waals surface area (Å²) in [6.07, 6.45) is 3.79. The molecular formula is C17H27NO. The van der Waals surface area contributed by atoms with Crippen LogP contribution in [0.5, 0.6) is 0 Å². The first-order valence-electron chi connectivity index (χ1n) is 7.12. The lowest BCUT2D eigenvalue weighted by Gasteiger charge is -2.24. The van der Waals surface area contributed by atoms with Crippen LogP contribution < -0.4 is 0 Å². The average Bonchev–Trinajstić information content (AvgIpc) is 2.36. The summed E-state index contributed by atoms with van der Waals surface area (Å²) >= 11 is 0. The molecule has 0 bridgehead atoms. The van der Waals surface area contributed by atoms with E-state index in [-0.39, 0.29) is 0 Å². The molecule has 1 rings (SSSR count). The third-order valence-corrected chi connectivity index (χ3v) is 3.61. The molecule has 0 saturated heterocycles. The van der Waals surface area contributed by atoms with Gasteiger partial charge in [-0.25, -0.2) is 0 Å². The summed E-state index contributed by atoms with van der Waals surface area (Å²) in [6, 6.07) is 4.36. The number of rotatable bonds is 7. The van der Waals surface area contributed by atoms with Crippen molar-refractivity contribution < 1.29 is 4.74 Å². The summed E-state index contributed by atoms with van der Waals surface area (Å²) in [7, 11) is 1.67. The maximum atomic E-state index is 5.08. The van der Waals surface area contributed by atoms with Crippen molar-refractivity contribution in [1.29, 1.82) is 0 Å². The Morgan fingerprint density at radius 3 is 2.26 bits per heavy atom. The smallest absolute Gasteiger partial charge is 0.0887 e. The fourth-order valence-corrected chi connectivity index (χ4v) is 2.62. The summed E-state index contributed by atoms with van der Waals surface area (Å²) in [5.41, 5.74) is 2.45. The molecule has 2 nitrogen and oxygen atoms in total. The van der Waals surface area contributed by atoms with Crippen molar-refractivity contribution in [3.8, 4) is 0 Å². The second kappa shape index (κ2) is 7.32. The van der Waals surface area contributed by atoms with E-state index in [1.54, 1.807) is 7.11 Å². The zero-order chi connectivity index (χ0) is 14.4. The molecule has 0 amide bonds. The van der Waals surface area contributed by atoms with Gasteiger partial charge in [-0.2, -0.15) is 0 Å². The monoisotopic (exact) mass is 261 g/mol. The number of methoxy groups -OCH3 is 1. The van der Waals surface area contributed by atoms with Gasteiger partial charge >= 0.3 is 0 Å². The molecule has 1 aromatic rings. The van der Waals surface area contributed by atoms with Crippen LogP contribution in [0.2, 0.25) is 0 Å². The predicted molar refractivity (Wildman–Crippen MR) is 81.1 cm³/mol. The lowest BCUT2D eigenvalue weighted by molar-refractivity contribution is 0.279. The van der Waals surface area contributed by atoms with Gasteiger partial charge in [-0.05, 0) is 29.9 Å². The minimum absolute atomic E-state index is 0.531. The van der Waals surface area contributed by atoms with Crippen molar-refractivity contribution >= 4 is 0 Å². The van der Waals surface area contributed by atoms with E-state index in [0.717, 1.165) is 18.6 Å². The third kappa shape index (κ3) is 4.70. The SMILES string of the molecule is C=C(CCc1ccc(C(C(C)C)C(C)C)nc1)OC. The van der Waals surface area contributed by atoms with Crippen LogP contribution in [-0.4, -0.2) is 12.1 Å². The second-order valence-electron chi connectivity index (χ2n) is 5.85. The van der Waals surface area contributed by atoms with E-state index in [4.69, 9.17) is 4.74 Å². The molecule has 0 atom stereocenters. The lowest BCUT2D eigenvalue weighted by atomic mass is 9.82. The summed E-state index contributed by atoms with van der Waals surface area (Å²) < 4.78 is 5.08. The number of hydrogen-bond donors (Lipinski definition) is 0. The molecule has 0 aliphatic heterocycles. The van der Waals surface area contributed by atoms with E-state index in [9.17, 15) is 0 Å². The Morgan fingerprint density at radius 2 is 1.84 bits per heavy atom. The molecule has 0 radical (unpaired) electrons. The van der Waals surface area contributed by atoms with Crippen LogP contribution in [0.25, 0.3) is 0 Å². The van der Waals surface area contributed by atoms with E-state index in [0.29, 0.717) is 17.8 Å². The molecule has 2 heteroatoms. The summed E-state index contributed by atoms with van der Waals surface area (Å²) in [6.45, 7) is 12.9. The largest absolute Gasteiger partial charge is 0.502 e. The van der Waals surface area contributed by atoms with Crippen molar-refractivity contribution in [2.24, 2.45) is 11.8 Å². The molecule has 0 aliphatic rings. The Morgan fingerprint density at radius 1 is 1.21 bits per heavy atom. The van der Waals surface area contributed by atoms with Gasteiger partial charge in [-0.1, -0.05) is 40.3 Å². The molecule has 0 unspecified atom stereocenters. The first-order valence-corrected chi connectivity index (χ1v) is 7.12. The van der Waals surface area contributed by atoms with Gasteiger partial charge in [0.25, 0.3) is 0 Å². The Balaban J connectivity index is 2.72. The zero-order valence-electron chi connectivity index (χ0n) is 12.9. The first-order chi connectivity index (χ1) is 8.95. The van der Waals surface area contributed by atoms with Crippen molar-refractivity contribution in [1.82, 2.24) is 4.98 Å². The minimum atomic E-state index is 0.531. The second-order valence-corrected chi connectivity index (χ2v) is 5.85. The number of pyridine rings is 1. The Labute approximate surface area is 117 Å². The third-order valence-electron chi connectivity index (χ3n) is 3.61. The van der Waals surface area contributed by atoms with Crippen molar-refractivity contribution in [3.05, 3.63) is 41.9 Å². The minimum Gasteiger partial charge on any atom is -0.502 e. The quantitative estimate of drug-likeness (QED) is 0.671. The number of ether oxygens (including phenoxy) is 1. The summed E-state index contributed by atoms with van der Waals surface area (Å²) in [4.78, 5) is 4.65. The van der Waals surface area contributed by atoms with Crippen LogP contribution in [-0.2, 0) is 11.2 Å². The normalized spacial score (nSPS) is 11.4. The molecule has 0 spiro atoms. The Kier molecular flexibility index (Phi) is 6.07. The Bertz CT molecular complexity index is 384. The molecular weight excluding hydrogens is 234 g/mol. The number of hydrogen-bond acceptors (Lipinski definition) is 2. The van der Waals surface area contributed by atoms with E-state index < -0.39 is 0 Å². The van der Waals surface area contributed by atoms with Gasteiger partial charge in [0, 0.05) is 24.2 Å². The molecule has 106 valence electrons. The molecule has 0 fully saturated rings.